The van der Waals surface area contributed by atoms with Crippen LogP contribution in [0.5, 0.6) is 0 Å². The summed E-state index contributed by atoms with van der Waals surface area (Å²) in [5.74, 6) is -0.688. The van der Waals surface area contributed by atoms with Gasteiger partial charge in [0.15, 0.2) is 0 Å². The highest BCUT2D eigenvalue weighted by atomic mass is 16.2. The molecule has 2 aliphatic heterocycles. The first-order valence-corrected chi connectivity index (χ1v) is 19.1. The molecule has 1 atom stereocenters. The van der Waals surface area contributed by atoms with E-state index in [9.17, 15) is 14.4 Å². The van der Waals surface area contributed by atoms with Gasteiger partial charge < -0.3 is 42.1 Å². The molecule has 3 amide bonds. The molecular weight excluding hydrogens is 692 g/mol. The van der Waals surface area contributed by atoms with E-state index in [1.807, 2.05) is 23.2 Å². The van der Waals surface area contributed by atoms with Gasteiger partial charge in [-0.1, -0.05) is 25.1 Å². The van der Waals surface area contributed by atoms with Gasteiger partial charge in [0.1, 0.15) is 17.2 Å². The Morgan fingerprint density at radius 1 is 1.00 bits per heavy atom. The van der Waals surface area contributed by atoms with Gasteiger partial charge in [-0.05, 0) is 81.6 Å². The molecule has 2 aliphatic carbocycles. The Hall–Kier alpha value is -5.24. The lowest BCUT2D eigenvalue weighted by atomic mass is 9.58. The summed E-state index contributed by atoms with van der Waals surface area (Å²) < 4.78 is 2.17. The Balaban J connectivity index is 1.15. The molecule has 4 radical (unpaired) electrons. The van der Waals surface area contributed by atoms with E-state index in [1.165, 1.54) is 11.0 Å². The van der Waals surface area contributed by atoms with Crippen molar-refractivity contribution in [3.8, 4) is 11.1 Å². The Labute approximate surface area is 324 Å². The number of hydrogen-bond donors (Lipinski definition) is 5. The highest BCUT2D eigenvalue weighted by molar-refractivity contribution is 6.39. The summed E-state index contributed by atoms with van der Waals surface area (Å²) in [4.78, 5) is 48.5. The second kappa shape index (κ2) is 15.1. The number of benzene rings is 1. The average molecular weight is 742 g/mol. The molecule has 7 N–H and O–H groups in total. The largest absolute Gasteiger partial charge is 0.393 e. The highest BCUT2D eigenvalue weighted by Crippen LogP contribution is 2.50. The van der Waals surface area contributed by atoms with E-state index < -0.39 is 11.2 Å². The quantitative estimate of drug-likeness (QED) is 0.105. The molecule has 4 heterocycles. The number of aromatic nitrogens is 3. The van der Waals surface area contributed by atoms with E-state index >= 15 is 0 Å². The third-order valence-corrected chi connectivity index (χ3v) is 11.0. The number of carbonyl (C=O) groups is 3. The third kappa shape index (κ3) is 7.69. The number of amides is 3. The number of rotatable bonds is 12. The molecule has 1 unspecified atom stereocenters. The Kier molecular flexibility index (Phi) is 10.5. The smallest absolute Gasteiger partial charge is 0.271 e. The zero-order valence-corrected chi connectivity index (χ0v) is 32.0. The molecule has 4 aliphatic rings. The molecular formula is C39H49B2N11O3. The van der Waals surface area contributed by atoms with Gasteiger partial charge in [0.25, 0.3) is 11.8 Å². The summed E-state index contributed by atoms with van der Waals surface area (Å²) in [5, 5.41) is 12.8. The van der Waals surface area contributed by atoms with Crippen molar-refractivity contribution in [1.82, 2.24) is 35.2 Å². The summed E-state index contributed by atoms with van der Waals surface area (Å²) in [5.41, 5.74) is 18.6. The van der Waals surface area contributed by atoms with Crippen molar-refractivity contribution in [1.29, 1.82) is 0 Å². The number of fused-ring (bicyclic) bond motifs is 3. The fourth-order valence-electron chi connectivity index (χ4n) is 7.62. The third-order valence-electron chi connectivity index (χ3n) is 11.0. The standard InChI is InChI=1S/C39H49B2N11O3/c1-5-30-35-26(21-44-52(35)24-16-18-51(19-17-24)39(40,41)31-11-7-10-28(47-31)38(55)49(2)3)25-8-6-9-27(34(25)50(30)4)46-29(33(43)37(54)45-23-14-15-23)20-32(42)48-36(53)22-12-13-22/h6-11,20-24,30,46H,5,12-19,42-43H2,1-4H3,(H,45,54)(H,48,53)/b32-20+,33-29+. The van der Waals surface area contributed by atoms with Crippen molar-refractivity contribution in [2.45, 2.75) is 75.3 Å². The van der Waals surface area contributed by atoms with Crippen LogP contribution in [-0.2, 0) is 14.9 Å². The number of nitrogens with one attached hydrogen (secondary N) is 3. The molecule has 0 spiro atoms. The summed E-state index contributed by atoms with van der Waals surface area (Å²) in [6.45, 7) is 3.38. The van der Waals surface area contributed by atoms with Gasteiger partial charge in [-0.25, -0.2) is 4.98 Å². The van der Waals surface area contributed by atoms with E-state index in [1.54, 1.807) is 32.3 Å². The normalized spacial score (nSPS) is 19.5. The van der Waals surface area contributed by atoms with Crippen molar-refractivity contribution >= 4 is 44.8 Å². The molecule has 3 aromatic rings. The molecule has 55 heavy (non-hydrogen) atoms. The van der Waals surface area contributed by atoms with Crippen LogP contribution in [0, 0.1) is 5.92 Å². The van der Waals surface area contributed by atoms with Gasteiger partial charge >= 0.3 is 0 Å². The number of likely N-dealkylation sites (tertiary alicyclic amines) is 1. The number of nitrogens with zero attached hydrogens (tertiary/aromatic N) is 6. The maximum Gasteiger partial charge on any atom is 0.271 e. The number of piperidine rings is 1. The van der Waals surface area contributed by atoms with E-state index in [0.29, 0.717) is 24.5 Å². The molecule has 3 fully saturated rings. The summed E-state index contributed by atoms with van der Waals surface area (Å²) in [6.07, 6.45) is 9.27. The molecule has 2 aromatic heterocycles. The fourth-order valence-corrected chi connectivity index (χ4v) is 7.62. The molecule has 1 saturated heterocycles. The van der Waals surface area contributed by atoms with E-state index in [4.69, 9.17) is 32.3 Å². The first kappa shape index (κ1) is 38.1. The van der Waals surface area contributed by atoms with Crippen LogP contribution in [0.4, 0.5) is 11.4 Å². The van der Waals surface area contributed by atoms with Gasteiger partial charge in [-0.3, -0.25) is 19.1 Å². The Morgan fingerprint density at radius 3 is 2.36 bits per heavy atom. The molecule has 14 nitrogen and oxygen atoms in total. The van der Waals surface area contributed by atoms with Crippen LogP contribution in [0.25, 0.3) is 11.1 Å². The lowest BCUT2D eigenvalue weighted by Gasteiger charge is -2.44. The molecule has 16 heteroatoms. The minimum atomic E-state index is -1.36. The number of anilines is 2. The first-order valence-electron chi connectivity index (χ1n) is 19.1. The van der Waals surface area contributed by atoms with Gasteiger partial charge in [-0.15, -0.1) is 0 Å². The second-order valence-electron chi connectivity index (χ2n) is 15.3. The maximum atomic E-state index is 13.2. The van der Waals surface area contributed by atoms with Crippen LogP contribution < -0.4 is 32.3 Å². The Bertz CT molecular complexity index is 2040. The second-order valence-corrected chi connectivity index (χ2v) is 15.3. The van der Waals surface area contributed by atoms with E-state index in [2.05, 4.69) is 50.6 Å². The summed E-state index contributed by atoms with van der Waals surface area (Å²) in [6, 6.07) is 11.4. The number of allylic oxidation sites excluding steroid dienone is 1. The predicted octanol–water partition coefficient (Wildman–Crippen LogP) is 2.52. The van der Waals surface area contributed by atoms with Crippen LogP contribution >= 0.6 is 0 Å². The summed E-state index contributed by atoms with van der Waals surface area (Å²) in [7, 11) is 18.9. The minimum absolute atomic E-state index is 0.0170. The number of hydrogen-bond acceptors (Lipinski definition) is 10. The first-order chi connectivity index (χ1) is 26.3. The maximum absolute atomic E-state index is 13.2. The van der Waals surface area contributed by atoms with Crippen LogP contribution in [0.1, 0.15) is 85.8 Å². The SMILES string of the molecule is [B]C([B])(c1cccc(C(=O)N(C)C)n1)N1CCC(n2ncc3c2C(CC)N(C)c2c(NC(/C=C(\N)NC(=O)C4CC4)=C(/N)C(=O)NC4CC4)cccc2-3)CC1. The highest BCUT2D eigenvalue weighted by Gasteiger charge is 2.38. The average Bonchev–Trinajstić information content (AvgIpc) is 4.12. The molecule has 2 saturated carbocycles. The van der Waals surface area contributed by atoms with Crippen molar-refractivity contribution in [2.24, 2.45) is 17.4 Å². The molecule has 0 bridgehead atoms. The van der Waals surface area contributed by atoms with Crippen LogP contribution in [-0.4, -0.2) is 98.3 Å². The van der Waals surface area contributed by atoms with E-state index in [0.717, 1.165) is 73.1 Å². The van der Waals surface area contributed by atoms with Crippen molar-refractivity contribution < 1.29 is 14.4 Å². The zero-order valence-electron chi connectivity index (χ0n) is 32.0. The molecule has 284 valence electrons. The van der Waals surface area contributed by atoms with Gasteiger partial charge in [0, 0.05) is 56.0 Å². The zero-order chi connectivity index (χ0) is 39.2. The lowest BCUT2D eigenvalue weighted by Crippen LogP contribution is -2.51. The lowest BCUT2D eigenvalue weighted by molar-refractivity contribution is -0.121. The topological polar surface area (TPSA) is 180 Å². The summed E-state index contributed by atoms with van der Waals surface area (Å²) >= 11 is 0. The number of carbonyl (C=O) groups excluding carboxylic acids is 3. The van der Waals surface area contributed by atoms with Gasteiger partial charge in [0.05, 0.1) is 56.7 Å². The van der Waals surface area contributed by atoms with Crippen molar-refractivity contribution in [3.05, 3.63) is 83.0 Å². The number of nitrogens with two attached hydrogens (primary N) is 2. The molecule has 7 rings (SSSR count). The van der Waals surface area contributed by atoms with Crippen LogP contribution in [0.3, 0.4) is 0 Å². The van der Waals surface area contributed by atoms with Crippen LogP contribution in [0.15, 0.2) is 65.9 Å². The number of para-hydroxylation sites is 1. The fraction of sp³-hybridized carbons (Fsp3) is 0.462. The molecule has 1 aromatic carbocycles. The van der Waals surface area contributed by atoms with Gasteiger partial charge in [-0.2, -0.15) is 5.10 Å². The monoisotopic (exact) mass is 741 g/mol. The van der Waals surface area contributed by atoms with E-state index in [-0.39, 0.29) is 53.1 Å². The number of pyridine rings is 1. The van der Waals surface area contributed by atoms with Gasteiger partial charge in [0.2, 0.25) is 5.91 Å². The van der Waals surface area contributed by atoms with Crippen molar-refractivity contribution in [3.63, 3.8) is 0 Å². The minimum Gasteiger partial charge on any atom is -0.393 e. The van der Waals surface area contributed by atoms with Crippen LogP contribution in [0.2, 0.25) is 0 Å². The Morgan fingerprint density at radius 2 is 1.71 bits per heavy atom. The predicted molar refractivity (Wildman–Crippen MR) is 214 cm³/mol. The van der Waals surface area contributed by atoms with Crippen molar-refractivity contribution in [2.75, 3.05) is 44.4 Å².